The third-order valence-corrected chi connectivity index (χ3v) is 3.89. The van der Waals surface area contributed by atoms with Crippen LogP contribution in [-0.4, -0.2) is 38.1 Å². The Labute approximate surface area is 113 Å². The molecule has 2 atom stereocenters. The molecule has 2 rings (SSSR count). The van der Waals surface area contributed by atoms with Crippen molar-refractivity contribution in [3.8, 4) is 0 Å². The van der Waals surface area contributed by atoms with Gasteiger partial charge in [-0.1, -0.05) is 23.7 Å². The second-order valence-electron chi connectivity index (χ2n) is 4.98. The summed E-state index contributed by atoms with van der Waals surface area (Å²) in [4.78, 5) is 14.0. The third kappa shape index (κ3) is 2.52. The van der Waals surface area contributed by atoms with Crippen LogP contribution < -0.4 is 0 Å². The molecule has 0 aliphatic carbocycles. The lowest BCUT2D eigenvalue weighted by molar-refractivity contribution is -0.145. The van der Waals surface area contributed by atoms with Crippen LogP contribution in [0.4, 0.5) is 0 Å². The van der Waals surface area contributed by atoms with Crippen LogP contribution in [0.15, 0.2) is 18.2 Å². The van der Waals surface area contributed by atoms with Gasteiger partial charge in [0.2, 0.25) is 0 Å². The highest BCUT2D eigenvalue weighted by Gasteiger charge is 2.38. The molecule has 0 aromatic heterocycles. The largest absolute Gasteiger partial charge is 0.469 e. The van der Waals surface area contributed by atoms with Gasteiger partial charge in [0.15, 0.2) is 0 Å². The van der Waals surface area contributed by atoms with Crippen LogP contribution in [0.25, 0.3) is 0 Å². The number of nitrogens with zero attached hydrogens (tertiary/aromatic N) is 1. The number of aryl methyl sites for hydroxylation is 1. The van der Waals surface area contributed by atoms with Crippen LogP contribution in [0.3, 0.4) is 0 Å². The molecule has 18 heavy (non-hydrogen) atoms. The summed E-state index contributed by atoms with van der Waals surface area (Å²) in [6, 6.07) is 6.01. The number of ether oxygens (including phenoxy) is 1. The molecule has 1 aromatic rings. The quantitative estimate of drug-likeness (QED) is 0.771. The highest BCUT2D eigenvalue weighted by atomic mass is 35.5. The monoisotopic (exact) mass is 267 g/mol. The summed E-state index contributed by atoms with van der Waals surface area (Å²) in [6.45, 7) is 3.57. The molecule has 98 valence electrons. The number of likely N-dealkylation sites (tertiary alicyclic amines) is 1. The lowest BCUT2D eigenvalue weighted by Crippen LogP contribution is -2.23. The number of carbonyl (C=O) groups excluding carboxylic acids is 1. The van der Waals surface area contributed by atoms with E-state index in [9.17, 15) is 4.79 Å². The first kappa shape index (κ1) is 13.4. The molecule has 1 aromatic carbocycles. The zero-order chi connectivity index (χ0) is 13.3. The number of hydrogen-bond acceptors (Lipinski definition) is 3. The average molecular weight is 268 g/mol. The van der Waals surface area contributed by atoms with E-state index in [2.05, 4.69) is 4.90 Å². The number of carbonyl (C=O) groups is 1. The molecular weight excluding hydrogens is 250 g/mol. The number of rotatable bonds is 2. The Hall–Kier alpha value is -1.06. The summed E-state index contributed by atoms with van der Waals surface area (Å²) < 4.78 is 4.89. The maximum absolute atomic E-state index is 11.8. The molecule has 0 bridgehead atoms. The Morgan fingerprint density at radius 3 is 2.78 bits per heavy atom. The van der Waals surface area contributed by atoms with Crippen LogP contribution in [0.2, 0.25) is 5.02 Å². The van der Waals surface area contributed by atoms with E-state index in [1.54, 1.807) is 0 Å². The first-order valence-corrected chi connectivity index (χ1v) is 6.43. The normalized spacial score (nSPS) is 24.2. The van der Waals surface area contributed by atoms with Crippen molar-refractivity contribution in [3.05, 3.63) is 34.3 Å². The van der Waals surface area contributed by atoms with Gasteiger partial charge >= 0.3 is 5.97 Å². The fourth-order valence-corrected chi connectivity index (χ4v) is 3.01. The molecule has 1 fully saturated rings. The smallest absolute Gasteiger partial charge is 0.310 e. The van der Waals surface area contributed by atoms with Crippen molar-refractivity contribution in [2.75, 3.05) is 27.2 Å². The van der Waals surface area contributed by atoms with Crippen LogP contribution in [-0.2, 0) is 9.53 Å². The second-order valence-corrected chi connectivity index (χ2v) is 5.39. The first-order valence-electron chi connectivity index (χ1n) is 6.05. The van der Waals surface area contributed by atoms with E-state index in [0.29, 0.717) is 0 Å². The fourth-order valence-electron chi connectivity index (χ4n) is 2.64. The van der Waals surface area contributed by atoms with Crippen LogP contribution in [0.5, 0.6) is 0 Å². The van der Waals surface area contributed by atoms with Gasteiger partial charge in [-0.3, -0.25) is 4.79 Å². The van der Waals surface area contributed by atoms with Gasteiger partial charge in [-0.25, -0.2) is 0 Å². The van der Waals surface area contributed by atoms with Crippen molar-refractivity contribution < 1.29 is 9.53 Å². The van der Waals surface area contributed by atoms with E-state index in [-0.39, 0.29) is 17.8 Å². The summed E-state index contributed by atoms with van der Waals surface area (Å²) in [7, 11) is 3.45. The molecular formula is C14H18ClNO2. The first-order chi connectivity index (χ1) is 8.52. The molecule has 0 N–H and O–H groups in total. The second kappa shape index (κ2) is 5.29. The van der Waals surface area contributed by atoms with Gasteiger partial charge in [-0.05, 0) is 31.2 Å². The molecule has 0 amide bonds. The van der Waals surface area contributed by atoms with Crippen molar-refractivity contribution in [1.29, 1.82) is 0 Å². The predicted octanol–water partition coefficient (Wildman–Crippen LogP) is 2.47. The van der Waals surface area contributed by atoms with Gasteiger partial charge in [-0.2, -0.15) is 0 Å². The highest BCUT2D eigenvalue weighted by molar-refractivity contribution is 6.31. The van der Waals surface area contributed by atoms with Crippen molar-refractivity contribution in [1.82, 2.24) is 4.90 Å². The molecule has 0 saturated carbocycles. The van der Waals surface area contributed by atoms with Gasteiger partial charge in [0, 0.05) is 24.0 Å². The maximum Gasteiger partial charge on any atom is 0.310 e. The number of esters is 1. The molecule has 1 aliphatic heterocycles. The molecule has 2 unspecified atom stereocenters. The number of halogens is 1. The summed E-state index contributed by atoms with van der Waals surface area (Å²) >= 11 is 6.30. The summed E-state index contributed by atoms with van der Waals surface area (Å²) in [5.74, 6) is -0.156. The topological polar surface area (TPSA) is 29.5 Å². The van der Waals surface area contributed by atoms with Gasteiger partial charge < -0.3 is 9.64 Å². The molecule has 0 radical (unpaired) electrons. The van der Waals surface area contributed by atoms with Gasteiger partial charge in [0.25, 0.3) is 0 Å². The molecule has 1 aliphatic rings. The van der Waals surface area contributed by atoms with Crippen molar-refractivity contribution in [2.45, 2.75) is 12.8 Å². The fraction of sp³-hybridized carbons (Fsp3) is 0.500. The van der Waals surface area contributed by atoms with Crippen molar-refractivity contribution >= 4 is 17.6 Å². The summed E-state index contributed by atoms with van der Waals surface area (Å²) in [5, 5.41) is 0.740. The van der Waals surface area contributed by atoms with Gasteiger partial charge in [-0.15, -0.1) is 0 Å². The zero-order valence-corrected chi connectivity index (χ0v) is 11.7. The standard InChI is InChI=1S/C14H18ClNO2/c1-9-4-5-10(13(15)6-9)11-7-16(2)8-12(11)14(17)18-3/h4-6,11-12H,7-8H2,1-3H3. The Kier molecular flexibility index (Phi) is 3.93. The van der Waals surface area contributed by atoms with E-state index in [1.165, 1.54) is 7.11 Å². The van der Waals surface area contributed by atoms with Crippen LogP contribution >= 0.6 is 11.6 Å². The molecule has 0 spiro atoms. The summed E-state index contributed by atoms with van der Waals surface area (Å²) in [5.41, 5.74) is 2.17. The SMILES string of the molecule is COC(=O)C1CN(C)CC1c1ccc(C)cc1Cl. The van der Waals surface area contributed by atoms with Crippen molar-refractivity contribution in [3.63, 3.8) is 0 Å². The van der Waals surface area contributed by atoms with E-state index < -0.39 is 0 Å². The highest BCUT2D eigenvalue weighted by Crippen LogP contribution is 2.36. The Balaban J connectivity index is 2.32. The van der Waals surface area contributed by atoms with E-state index in [1.807, 2.05) is 32.2 Å². The molecule has 3 nitrogen and oxygen atoms in total. The minimum absolute atomic E-state index is 0.121. The maximum atomic E-state index is 11.8. The number of hydrogen-bond donors (Lipinski definition) is 0. The van der Waals surface area contributed by atoms with Gasteiger partial charge in [0.05, 0.1) is 13.0 Å². The van der Waals surface area contributed by atoms with Crippen LogP contribution in [0.1, 0.15) is 17.0 Å². The molecule has 1 saturated heterocycles. The number of benzene rings is 1. The van der Waals surface area contributed by atoms with Gasteiger partial charge in [0.1, 0.15) is 0 Å². The van der Waals surface area contributed by atoms with E-state index in [4.69, 9.17) is 16.3 Å². The Morgan fingerprint density at radius 2 is 2.17 bits per heavy atom. The lowest BCUT2D eigenvalue weighted by Gasteiger charge is -2.18. The molecule has 4 heteroatoms. The van der Waals surface area contributed by atoms with Crippen LogP contribution in [0, 0.1) is 12.8 Å². The minimum atomic E-state index is -0.152. The van der Waals surface area contributed by atoms with E-state index >= 15 is 0 Å². The third-order valence-electron chi connectivity index (χ3n) is 3.56. The van der Waals surface area contributed by atoms with E-state index in [0.717, 1.165) is 29.2 Å². The zero-order valence-electron chi connectivity index (χ0n) is 10.9. The Morgan fingerprint density at radius 1 is 1.44 bits per heavy atom. The lowest BCUT2D eigenvalue weighted by atomic mass is 9.88. The average Bonchev–Trinajstić information content (AvgIpc) is 2.70. The summed E-state index contributed by atoms with van der Waals surface area (Å²) in [6.07, 6.45) is 0. The van der Waals surface area contributed by atoms with Crippen molar-refractivity contribution in [2.24, 2.45) is 5.92 Å². The number of methoxy groups -OCH3 is 1. The molecule has 1 heterocycles. The Bertz CT molecular complexity index is 461. The minimum Gasteiger partial charge on any atom is -0.469 e. The predicted molar refractivity (Wildman–Crippen MR) is 71.9 cm³/mol. The number of likely N-dealkylation sites (N-methyl/N-ethyl adjacent to an activating group) is 1.